The molecule has 25 heavy (non-hydrogen) atoms. The van der Waals surface area contributed by atoms with Crippen molar-refractivity contribution in [2.45, 2.75) is 36.2 Å². The number of hydrogen-bond acceptors (Lipinski definition) is 6. The van der Waals surface area contributed by atoms with Crippen molar-refractivity contribution >= 4 is 29.1 Å². The summed E-state index contributed by atoms with van der Waals surface area (Å²) in [5, 5.41) is 9.28. The summed E-state index contributed by atoms with van der Waals surface area (Å²) in [6, 6.07) is 5.15. The van der Waals surface area contributed by atoms with Gasteiger partial charge in [0.1, 0.15) is 5.75 Å². The van der Waals surface area contributed by atoms with Crippen LogP contribution in [0, 0.1) is 0 Å². The molecule has 2 aromatic rings. The van der Waals surface area contributed by atoms with Crippen molar-refractivity contribution in [2.24, 2.45) is 0 Å². The predicted octanol–water partition coefficient (Wildman–Crippen LogP) is 1.60. The van der Waals surface area contributed by atoms with E-state index in [9.17, 15) is 14.4 Å². The third-order valence-corrected chi connectivity index (χ3v) is 5.20. The van der Waals surface area contributed by atoms with Gasteiger partial charge in [0.2, 0.25) is 0 Å². The molecule has 1 aromatic heterocycles. The summed E-state index contributed by atoms with van der Waals surface area (Å²) in [5.41, 5.74) is 0.729. The zero-order chi connectivity index (χ0) is 17.6. The Morgan fingerprint density at radius 2 is 2.20 bits per heavy atom. The number of rotatable bonds is 5. The van der Waals surface area contributed by atoms with Gasteiger partial charge in [-0.15, -0.1) is 5.10 Å². The van der Waals surface area contributed by atoms with Gasteiger partial charge in [-0.3, -0.25) is 14.2 Å². The molecule has 2 aliphatic rings. The largest absolute Gasteiger partial charge is 0.482 e. The van der Waals surface area contributed by atoms with Gasteiger partial charge in [0.25, 0.3) is 5.91 Å². The van der Waals surface area contributed by atoms with Gasteiger partial charge >= 0.3 is 5.69 Å². The van der Waals surface area contributed by atoms with Crippen molar-refractivity contribution in [3.63, 3.8) is 0 Å². The number of nitrogens with zero attached hydrogens (tertiary/aromatic N) is 2. The molecule has 2 N–H and O–H groups in total. The van der Waals surface area contributed by atoms with Gasteiger partial charge < -0.3 is 10.1 Å². The molecule has 0 radical (unpaired) electrons. The molecule has 1 amide bonds. The second-order valence-corrected chi connectivity index (χ2v) is 7.39. The van der Waals surface area contributed by atoms with E-state index in [0.29, 0.717) is 22.2 Å². The summed E-state index contributed by atoms with van der Waals surface area (Å²) >= 11 is 1.25. The number of Topliss-reactive ketones (excluding diaryl/α,β-unsaturated/α-hetero) is 1. The van der Waals surface area contributed by atoms with E-state index in [1.54, 1.807) is 29.7 Å². The zero-order valence-corrected chi connectivity index (χ0v) is 14.3. The molecule has 4 rings (SSSR count). The van der Waals surface area contributed by atoms with Crippen LogP contribution in [0.1, 0.15) is 36.2 Å². The molecule has 1 saturated carbocycles. The molecule has 1 aromatic carbocycles. The second-order valence-electron chi connectivity index (χ2n) is 6.08. The van der Waals surface area contributed by atoms with Crippen molar-refractivity contribution < 1.29 is 14.3 Å². The molecule has 8 nitrogen and oxygen atoms in total. The SMILES string of the molecule is CC(Sc1n[nH]c(=O)n1C1CC1)C(=O)c1ccc2c(c1)NC(=O)CO2. The van der Waals surface area contributed by atoms with Gasteiger partial charge in [0.05, 0.1) is 10.9 Å². The van der Waals surface area contributed by atoms with E-state index in [1.165, 1.54) is 11.8 Å². The smallest absolute Gasteiger partial charge is 0.344 e. The van der Waals surface area contributed by atoms with E-state index in [4.69, 9.17) is 4.74 Å². The van der Waals surface area contributed by atoms with E-state index in [1.807, 2.05) is 0 Å². The maximum atomic E-state index is 12.7. The lowest BCUT2D eigenvalue weighted by Gasteiger charge is -2.19. The highest BCUT2D eigenvalue weighted by Crippen LogP contribution is 2.37. The first-order valence-electron chi connectivity index (χ1n) is 7.97. The number of ether oxygens (including phenoxy) is 1. The first-order valence-corrected chi connectivity index (χ1v) is 8.85. The number of H-pyrrole nitrogens is 1. The van der Waals surface area contributed by atoms with Crippen LogP contribution in [0.4, 0.5) is 5.69 Å². The fraction of sp³-hybridized carbons (Fsp3) is 0.375. The number of carbonyl (C=O) groups is 2. The first kappa shape index (κ1) is 15.9. The number of anilines is 1. The van der Waals surface area contributed by atoms with E-state index in [-0.39, 0.29) is 30.0 Å². The fourth-order valence-electron chi connectivity index (χ4n) is 2.71. The van der Waals surface area contributed by atoms with Crippen LogP contribution in [0.2, 0.25) is 0 Å². The van der Waals surface area contributed by atoms with Crippen molar-refractivity contribution in [1.82, 2.24) is 14.8 Å². The van der Waals surface area contributed by atoms with Crippen LogP contribution >= 0.6 is 11.8 Å². The molecule has 0 saturated heterocycles. The Hall–Kier alpha value is -2.55. The van der Waals surface area contributed by atoms with E-state index in [2.05, 4.69) is 15.5 Å². The summed E-state index contributed by atoms with van der Waals surface area (Å²) in [4.78, 5) is 36.0. The Bertz CT molecular complexity index is 915. The summed E-state index contributed by atoms with van der Waals surface area (Å²) in [5.74, 6) is 0.196. The van der Waals surface area contributed by atoms with Gasteiger partial charge in [-0.2, -0.15) is 0 Å². The molecule has 0 spiro atoms. The second kappa shape index (κ2) is 6.07. The molecule has 1 fully saturated rings. The average molecular weight is 360 g/mol. The number of ketones is 1. The molecule has 130 valence electrons. The number of amides is 1. The minimum Gasteiger partial charge on any atom is -0.482 e. The normalized spacial score (nSPS) is 17.4. The Labute approximate surface area is 146 Å². The standard InChI is InChI=1S/C16H16N4O4S/c1-8(25-16-19-18-15(23)20(16)10-3-4-10)14(22)9-2-5-12-11(6-9)17-13(21)7-24-12/h2,5-6,8,10H,3-4,7H2,1H3,(H,17,21)(H,18,23). The monoisotopic (exact) mass is 360 g/mol. The van der Waals surface area contributed by atoms with Gasteiger partial charge in [-0.05, 0) is 38.0 Å². The maximum absolute atomic E-state index is 12.7. The number of fused-ring (bicyclic) bond motifs is 1. The number of carbonyl (C=O) groups excluding carboxylic acids is 2. The lowest BCUT2D eigenvalue weighted by atomic mass is 10.1. The minimum absolute atomic E-state index is 0.0234. The Balaban J connectivity index is 1.54. The van der Waals surface area contributed by atoms with Gasteiger partial charge in [-0.25, -0.2) is 9.89 Å². The average Bonchev–Trinajstić information content (AvgIpc) is 3.37. The molecule has 0 bridgehead atoms. The quantitative estimate of drug-likeness (QED) is 0.620. The maximum Gasteiger partial charge on any atom is 0.344 e. The van der Waals surface area contributed by atoms with E-state index >= 15 is 0 Å². The summed E-state index contributed by atoms with van der Waals surface area (Å²) in [7, 11) is 0. The highest BCUT2D eigenvalue weighted by atomic mass is 32.2. The number of aromatic amines is 1. The number of aromatic nitrogens is 3. The molecule has 1 atom stereocenters. The van der Waals surface area contributed by atoms with Crippen LogP contribution in [-0.2, 0) is 4.79 Å². The van der Waals surface area contributed by atoms with Crippen molar-refractivity contribution in [1.29, 1.82) is 0 Å². The fourth-order valence-corrected chi connectivity index (χ4v) is 3.71. The van der Waals surface area contributed by atoms with Crippen LogP contribution in [0.3, 0.4) is 0 Å². The van der Waals surface area contributed by atoms with Crippen LogP contribution < -0.4 is 15.7 Å². The van der Waals surface area contributed by atoms with E-state index in [0.717, 1.165) is 12.8 Å². The van der Waals surface area contributed by atoms with Gasteiger partial charge in [-0.1, -0.05) is 11.8 Å². The zero-order valence-electron chi connectivity index (χ0n) is 13.4. The Morgan fingerprint density at radius 3 is 2.96 bits per heavy atom. The molecule has 9 heteroatoms. The van der Waals surface area contributed by atoms with E-state index < -0.39 is 5.25 Å². The molecule has 1 aliphatic heterocycles. The summed E-state index contributed by atoms with van der Waals surface area (Å²) in [6.07, 6.45) is 1.92. The Kier molecular flexibility index (Phi) is 3.87. The van der Waals surface area contributed by atoms with Gasteiger partial charge in [0, 0.05) is 11.6 Å². The highest BCUT2D eigenvalue weighted by molar-refractivity contribution is 8.00. The lowest BCUT2D eigenvalue weighted by molar-refractivity contribution is -0.118. The number of benzene rings is 1. The highest BCUT2D eigenvalue weighted by Gasteiger charge is 2.30. The van der Waals surface area contributed by atoms with Gasteiger partial charge in [0.15, 0.2) is 17.5 Å². The molecular weight excluding hydrogens is 344 g/mol. The molecular formula is C16H16N4O4S. The molecule has 2 heterocycles. The van der Waals surface area contributed by atoms with Crippen LogP contribution in [0.5, 0.6) is 5.75 Å². The number of hydrogen-bond donors (Lipinski definition) is 2. The molecule has 1 unspecified atom stereocenters. The van der Waals surface area contributed by atoms with Crippen LogP contribution in [0.15, 0.2) is 28.2 Å². The van der Waals surface area contributed by atoms with Crippen molar-refractivity contribution in [3.05, 3.63) is 34.2 Å². The van der Waals surface area contributed by atoms with Crippen molar-refractivity contribution in [3.8, 4) is 5.75 Å². The third-order valence-electron chi connectivity index (χ3n) is 4.13. The van der Waals surface area contributed by atoms with Crippen LogP contribution in [-0.4, -0.2) is 38.3 Å². The minimum atomic E-state index is -0.425. The number of nitrogens with one attached hydrogen (secondary N) is 2. The topological polar surface area (TPSA) is 106 Å². The summed E-state index contributed by atoms with van der Waals surface area (Å²) < 4.78 is 6.92. The molecule has 1 aliphatic carbocycles. The number of thioether (sulfide) groups is 1. The summed E-state index contributed by atoms with van der Waals surface area (Å²) in [6.45, 7) is 1.75. The first-order chi connectivity index (χ1) is 12.0. The third kappa shape index (κ3) is 3.07. The Morgan fingerprint density at radius 1 is 1.40 bits per heavy atom. The van der Waals surface area contributed by atoms with Crippen LogP contribution in [0.25, 0.3) is 0 Å². The van der Waals surface area contributed by atoms with Crippen molar-refractivity contribution in [2.75, 3.05) is 11.9 Å². The lowest BCUT2D eigenvalue weighted by Crippen LogP contribution is -2.26. The predicted molar refractivity (Wildman–Crippen MR) is 91.3 cm³/mol.